The Bertz CT molecular complexity index is 1060. The number of carbonyl (C=O) groups is 2. The molecule has 3 heterocycles. The molecule has 10 heteroatoms. The Hall–Kier alpha value is -2.68. The van der Waals surface area contributed by atoms with Gasteiger partial charge in [0.05, 0.1) is 18.8 Å². The number of ether oxygens (including phenoxy) is 1. The average molecular weight is 476 g/mol. The third-order valence-electron chi connectivity index (χ3n) is 6.61. The van der Waals surface area contributed by atoms with Gasteiger partial charge in [-0.3, -0.25) is 14.3 Å². The lowest BCUT2D eigenvalue weighted by Crippen LogP contribution is -2.39. The Morgan fingerprint density at radius 3 is 2.61 bits per heavy atom. The highest BCUT2D eigenvalue weighted by atomic mass is 35.5. The van der Waals surface area contributed by atoms with Crippen LogP contribution in [0.15, 0.2) is 18.2 Å². The fourth-order valence-electron chi connectivity index (χ4n) is 4.64. The van der Waals surface area contributed by atoms with Crippen LogP contribution in [-0.4, -0.2) is 62.4 Å². The summed E-state index contributed by atoms with van der Waals surface area (Å²) in [5, 5.41) is 9.48. The van der Waals surface area contributed by atoms with Crippen LogP contribution in [0.5, 0.6) is 0 Å². The number of rotatable bonds is 4. The summed E-state index contributed by atoms with van der Waals surface area (Å²) in [5.41, 5.74) is 1.72. The number of likely N-dealkylation sites (tertiary alicyclic amines) is 1. The van der Waals surface area contributed by atoms with Gasteiger partial charge in [-0.1, -0.05) is 11.6 Å². The normalized spacial score (nSPS) is 19.5. The maximum atomic E-state index is 12.9. The van der Waals surface area contributed by atoms with Crippen molar-refractivity contribution in [2.45, 2.75) is 57.7 Å². The van der Waals surface area contributed by atoms with E-state index >= 15 is 0 Å². The first kappa shape index (κ1) is 22.1. The lowest BCUT2D eigenvalue weighted by molar-refractivity contribution is -0.133. The summed E-state index contributed by atoms with van der Waals surface area (Å²) in [6, 6.07) is 5.55. The topological polar surface area (TPSA) is 80.6 Å². The Kier molecular flexibility index (Phi) is 5.99. The van der Waals surface area contributed by atoms with Crippen LogP contribution < -0.4 is 0 Å². The second kappa shape index (κ2) is 8.93. The van der Waals surface area contributed by atoms with Crippen molar-refractivity contribution in [3.63, 3.8) is 0 Å². The standard InChI is InChI=1S/C23H27ClFN5O3/c1-14(11-25)33-23(32)29-12-17-10-18(24)4-5-19(17)30-20(13-29)26-27-21(30)15-6-8-28(9-7-15)22(31)16-2-3-16/h4-5,10,14-16H,2-3,6-9,11-13H2,1H3/t14-/m0/s1. The molecule has 1 aromatic heterocycles. The molecule has 33 heavy (non-hydrogen) atoms. The number of alkyl halides is 1. The maximum Gasteiger partial charge on any atom is 0.410 e. The summed E-state index contributed by atoms with van der Waals surface area (Å²) in [4.78, 5) is 28.6. The van der Waals surface area contributed by atoms with E-state index in [-0.39, 0.29) is 30.8 Å². The number of fused-ring (bicyclic) bond motifs is 3. The number of benzene rings is 1. The van der Waals surface area contributed by atoms with Crippen LogP contribution in [0.4, 0.5) is 9.18 Å². The lowest BCUT2D eigenvalue weighted by atomic mass is 9.95. The van der Waals surface area contributed by atoms with E-state index < -0.39 is 18.9 Å². The molecule has 0 unspecified atom stereocenters. The molecule has 2 aromatic rings. The van der Waals surface area contributed by atoms with E-state index in [4.69, 9.17) is 16.3 Å². The summed E-state index contributed by atoms with van der Waals surface area (Å²) < 4.78 is 20.1. The van der Waals surface area contributed by atoms with E-state index in [9.17, 15) is 14.0 Å². The van der Waals surface area contributed by atoms with Crippen LogP contribution in [0.3, 0.4) is 0 Å². The van der Waals surface area contributed by atoms with Gasteiger partial charge in [-0.25, -0.2) is 9.18 Å². The van der Waals surface area contributed by atoms with Crippen molar-refractivity contribution in [1.29, 1.82) is 0 Å². The second-order valence-electron chi connectivity index (χ2n) is 9.16. The van der Waals surface area contributed by atoms with Gasteiger partial charge in [-0.05, 0) is 56.4 Å². The maximum absolute atomic E-state index is 12.9. The highest BCUT2D eigenvalue weighted by Gasteiger charge is 2.37. The number of aromatic nitrogens is 3. The summed E-state index contributed by atoms with van der Waals surface area (Å²) in [6.07, 6.45) is 2.24. The molecule has 1 aliphatic carbocycles. The van der Waals surface area contributed by atoms with Gasteiger partial charge in [0.1, 0.15) is 18.6 Å². The molecule has 0 N–H and O–H groups in total. The van der Waals surface area contributed by atoms with Crippen molar-refractivity contribution in [2.24, 2.45) is 5.92 Å². The number of carbonyl (C=O) groups excluding carboxylic acids is 2. The molecule has 2 amide bonds. The molecule has 176 valence electrons. The molecule has 2 aliphatic heterocycles. The molecule has 2 fully saturated rings. The first-order valence-corrected chi connectivity index (χ1v) is 11.9. The first-order valence-electron chi connectivity index (χ1n) is 11.5. The molecule has 0 spiro atoms. The Labute approximate surface area is 196 Å². The predicted molar refractivity (Wildman–Crippen MR) is 119 cm³/mol. The number of hydrogen-bond acceptors (Lipinski definition) is 5. The minimum absolute atomic E-state index is 0.156. The summed E-state index contributed by atoms with van der Waals surface area (Å²) in [5.74, 6) is 2.12. The third kappa shape index (κ3) is 4.43. The average Bonchev–Trinajstić information content (AvgIpc) is 3.61. The minimum atomic E-state index is -0.823. The van der Waals surface area contributed by atoms with Crippen molar-refractivity contribution < 1.29 is 18.7 Å². The van der Waals surface area contributed by atoms with Crippen LogP contribution in [0, 0.1) is 5.92 Å². The number of nitrogens with zero attached hydrogens (tertiary/aromatic N) is 5. The molecule has 3 aliphatic rings. The van der Waals surface area contributed by atoms with Crippen LogP contribution in [0.2, 0.25) is 5.02 Å². The van der Waals surface area contributed by atoms with E-state index in [1.807, 2.05) is 27.7 Å². The quantitative estimate of drug-likeness (QED) is 0.671. The number of hydrogen-bond donors (Lipinski definition) is 0. The van der Waals surface area contributed by atoms with Crippen LogP contribution in [-0.2, 0) is 22.6 Å². The van der Waals surface area contributed by atoms with E-state index in [1.165, 1.54) is 11.8 Å². The molecule has 1 saturated carbocycles. The molecule has 1 atom stereocenters. The van der Waals surface area contributed by atoms with Gasteiger partial charge in [0.25, 0.3) is 0 Å². The predicted octanol–water partition coefficient (Wildman–Crippen LogP) is 3.85. The van der Waals surface area contributed by atoms with E-state index in [0.717, 1.165) is 55.8 Å². The SMILES string of the molecule is C[C@@H](CF)OC(=O)N1Cc2cc(Cl)ccc2-n2c(nnc2C2CCN(C(=O)C3CC3)CC2)C1. The minimum Gasteiger partial charge on any atom is -0.444 e. The van der Waals surface area contributed by atoms with Crippen LogP contribution >= 0.6 is 11.6 Å². The van der Waals surface area contributed by atoms with Crippen molar-refractivity contribution in [3.05, 3.63) is 40.4 Å². The molecule has 5 rings (SSSR count). The van der Waals surface area contributed by atoms with Crippen LogP contribution in [0.1, 0.15) is 55.7 Å². The van der Waals surface area contributed by atoms with E-state index in [2.05, 4.69) is 10.2 Å². The highest BCUT2D eigenvalue weighted by Crippen LogP contribution is 2.36. The third-order valence-corrected chi connectivity index (χ3v) is 6.84. The van der Waals surface area contributed by atoms with Gasteiger partial charge in [0.15, 0.2) is 5.82 Å². The zero-order valence-corrected chi connectivity index (χ0v) is 19.3. The number of amides is 2. The van der Waals surface area contributed by atoms with Crippen molar-refractivity contribution in [2.75, 3.05) is 19.8 Å². The summed E-state index contributed by atoms with van der Waals surface area (Å²) >= 11 is 6.27. The molecular weight excluding hydrogens is 449 g/mol. The molecule has 1 saturated heterocycles. The van der Waals surface area contributed by atoms with Gasteiger partial charge in [0.2, 0.25) is 5.91 Å². The molecular formula is C23H27ClFN5O3. The molecule has 1 aromatic carbocycles. The van der Waals surface area contributed by atoms with Gasteiger partial charge in [0, 0.05) is 29.9 Å². The first-order chi connectivity index (χ1) is 15.9. The smallest absolute Gasteiger partial charge is 0.410 e. The van der Waals surface area contributed by atoms with E-state index in [0.29, 0.717) is 10.8 Å². The van der Waals surface area contributed by atoms with Crippen molar-refractivity contribution in [3.8, 4) is 5.69 Å². The zero-order chi connectivity index (χ0) is 23.1. The van der Waals surface area contributed by atoms with Crippen LogP contribution in [0.25, 0.3) is 5.69 Å². The number of halogens is 2. The summed E-state index contributed by atoms with van der Waals surface area (Å²) in [6.45, 7) is 2.66. The molecule has 8 nitrogen and oxygen atoms in total. The van der Waals surface area contributed by atoms with Gasteiger partial charge in [-0.15, -0.1) is 10.2 Å². The largest absolute Gasteiger partial charge is 0.444 e. The van der Waals surface area contributed by atoms with Crippen molar-refractivity contribution >= 4 is 23.6 Å². The second-order valence-corrected chi connectivity index (χ2v) is 9.60. The fourth-order valence-corrected chi connectivity index (χ4v) is 4.84. The van der Waals surface area contributed by atoms with Gasteiger partial charge in [-0.2, -0.15) is 0 Å². The fraction of sp³-hybridized carbons (Fsp3) is 0.565. The van der Waals surface area contributed by atoms with Gasteiger partial charge < -0.3 is 9.64 Å². The van der Waals surface area contributed by atoms with E-state index in [1.54, 1.807) is 0 Å². The zero-order valence-electron chi connectivity index (χ0n) is 18.5. The number of piperidine rings is 1. The monoisotopic (exact) mass is 475 g/mol. The van der Waals surface area contributed by atoms with Crippen molar-refractivity contribution in [1.82, 2.24) is 24.6 Å². The summed E-state index contributed by atoms with van der Waals surface area (Å²) in [7, 11) is 0. The Morgan fingerprint density at radius 1 is 1.15 bits per heavy atom. The lowest BCUT2D eigenvalue weighted by Gasteiger charge is -2.32. The Morgan fingerprint density at radius 2 is 1.91 bits per heavy atom. The van der Waals surface area contributed by atoms with Gasteiger partial charge >= 0.3 is 6.09 Å². The highest BCUT2D eigenvalue weighted by molar-refractivity contribution is 6.30. The molecule has 0 radical (unpaired) electrons. The Balaban J connectivity index is 1.43. The molecule has 0 bridgehead atoms.